The predicted octanol–water partition coefficient (Wildman–Crippen LogP) is 3.22. The summed E-state index contributed by atoms with van der Waals surface area (Å²) in [5, 5.41) is 0. The second-order valence-corrected chi connectivity index (χ2v) is 4.89. The van der Waals surface area contributed by atoms with Crippen molar-refractivity contribution in [2.24, 2.45) is 0 Å². The smallest absolute Gasteiger partial charge is 0.305 e. The highest BCUT2D eigenvalue weighted by molar-refractivity contribution is 7.13. The van der Waals surface area contributed by atoms with Gasteiger partial charge in [-0.05, 0) is 24.5 Å². The van der Waals surface area contributed by atoms with Crippen LogP contribution in [-0.4, -0.2) is 18.1 Å². The summed E-state index contributed by atoms with van der Waals surface area (Å²) in [6, 6.07) is 8.26. The number of ether oxygens (including phenoxy) is 1. The summed E-state index contributed by atoms with van der Waals surface area (Å²) in [6.07, 6.45) is 1.14. The van der Waals surface area contributed by atoms with E-state index >= 15 is 0 Å². The van der Waals surface area contributed by atoms with Crippen LogP contribution >= 0.6 is 11.3 Å². The van der Waals surface area contributed by atoms with Crippen LogP contribution in [0.4, 0.5) is 0 Å². The van der Waals surface area contributed by atoms with Crippen molar-refractivity contribution in [3.8, 4) is 10.4 Å². The zero-order valence-electron chi connectivity index (χ0n) is 10.5. The Labute approximate surface area is 110 Å². The van der Waals surface area contributed by atoms with Crippen LogP contribution in [0.2, 0.25) is 0 Å². The van der Waals surface area contributed by atoms with Crippen LogP contribution in [0.1, 0.15) is 17.7 Å². The Kier molecular flexibility index (Phi) is 4.10. The highest BCUT2D eigenvalue weighted by Gasteiger charge is 2.05. The third-order valence-electron chi connectivity index (χ3n) is 2.81. The van der Waals surface area contributed by atoms with Crippen LogP contribution < -0.4 is 0 Å². The van der Waals surface area contributed by atoms with Crippen molar-refractivity contribution >= 4 is 17.3 Å². The average Bonchev–Trinajstić information content (AvgIpc) is 2.83. The van der Waals surface area contributed by atoms with Crippen molar-refractivity contribution < 1.29 is 9.53 Å². The van der Waals surface area contributed by atoms with Gasteiger partial charge in [-0.15, -0.1) is 11.3 Å². The molecule has 1 heterocycles. The number of hydrogen-bond acceptors (Lipinski definition) is 4. The lowest BCUT2D eigenvalue weighted by Crippen LogP contribution is -2.01. The lowest BCUT2D eigenvalue weighted by molar-refractivity contribution is -0.140. The summed E-state index contributed by atoms with van der Waals surface area (Å²) < 4.78 is 4.62. The number of rotatable bonds is 4. The van der Waals surface area contributed by atoms with Gasteiger partial charge in [0, 0.05) is 6.42 Å². The molecule has 0 spiro atoms. The van der Waals surface area contributed by atoms with Gasteiger partial charge in [0.05, 0.1) is 23.2 Å². The topological polar surface area (TPSA) is 39.2 Å². The van der Waals surface area contributed by atoms with Gasteiger partial charge < -0.3 is 4.74 Å². The Morgan fingerprint density at radius 2 is 2.06 bits per heavy atom. The molecule has 0 aliphatic carbocycles. The molecule has 0 amide bonds. The molecule has 4 heteroatoms. The SMILES string of the molecule is COC(=O)CCc1ccc(-c2scnc2C)cc1. The number of thiazole rings is 1. The Bertz CT molecular complexity index is 531. The molecule has 0 aliphatic heterocycles. The zero-order valence-corrected chi connectivity index (χ0v) is 11.3. The van der Waals surface area contributed by atoms with Gasteiger partial charge in [0.1, 0.15) is 0 Å². The molecule has 18 heavy (non-hydrogen) atoms. The van der Waals surface area contributed by atoms with Crippen LogP contribution in [0.25, 0.3) is 10.4 Å². The summed E-state index contributed by atoms with van der Waals surface area (Å²) >= 11 is 1.65. The van der Waals surface area contributed by atoms with E-state index in [2.05, 4.69) is 34.0 Å². The number of benzene rings is 1. The first-order valence-electron chi connectivity index (χ1n) is 5.77. The highest BCUT2D eigenvalue weighted by atomic mass is 32.1. The van der Waals surface area contributed by atoms with Gasteiger partial charge in [0.2, 0.25) is 0 Å². The summed E-state index contributed by atoms with van der Waals surface area (Å²) in [5.74, 6) is -0.169. The van der Waals surface area contributed by atoms with Gasteiger partial charge >= 0.3 is 5.97 Å². The fraction of sp³-hybridized carbons (Fsp3) is 0.286. The van der Waals surface area contributed by atoms with Crippen molar-refractivity contribution in [2.45, 2.75) is 19.8 Å². The molecule has 0 aliphatic rings. The lowest BCUT2D eigenvalue weighted by Gasteiger charge is -2.03. The fourth-order valence-corrected chi connectivity index (χ4v) is 2.56. The van der Waals surface area contributed by atoms with Crippen LogP contribution in [0.15, 0.2) is 29.8 Å². The largest absolute Gasteiger partial charge is 0.469 e. The number of hydrogen-bond donors (Lipinski definition) is 0. The van der Waals surface area contributed by atoms with Crippen molar-refractivity contribution in [2.75, 3.05) is 7.11 Å². The normalized spacial score (nSPS) is 10.3. The molecule has 94 valence electrons. The summed E-state index contributed by atoms with van der Waals surface area (Å²) in [7, 11) is 1.41. The molecular formula is C14H15NO2S. The van der Waals surface area contributed by atoms with Crippen LogP contribution in [0, 0.1) is 6.92 Å². The molecule has 2 aromatic rings. The van der Waals surface area contributed by atoms with Crippen molar-refractivity contribution in [1.82, 2.24) is 4.98 Å². The monoisotopic (exact) mass is 261 g/mol. The molecule has 0 fully saturated rings. The summed E-state index contributed by atoms with van der Waals surface area (Å²) in [5.41, 5.74) is 5.24. The molecule has 3 nitrogen and oxygen atoms in total. The quantitative estimate of drug-likeness (QED) is 0.793. The van der Waals surface area contributed by atoms with E-state index in [0.717, 1.165) is 11.3 Å². The maximum Gasteiger partial charge on any atom is 0.305 e. The molecule has 0 bridgehead atoms. The molecule has 0 saturated heterocycles. The first-order valence-corrected chi connectivity index (χ1v) is 6.65. The number of carbonyl (C=O) groups excluding carboxylic acids is 1. The minimum atomic E-state index is -0.169. The average molecular weight is 261 g/mol. The van der Waals surface area contributed by atoms with Crippen LogP contribution in [-0.2, 0) is 16.0 Å². The van der Waals surface area contributed by atoms with Gasteiger partial charge in [0.25, 0.3) is 0 Å². The van der Waals surface area contributed by atoms with E-state index < -0.39 is 0 Å². The Balaban J connectivity index is 2.06. The highest BCUT2D eigenvalue weighted by Crippen LogP contribution is 2.27. The summed E-state index contributed by atoms with van der Waals surface area (Å²) in [6.45, 7) is 2.01. The molecule has 2 rings (SSSR count). The Hall–Kier alpha value is -1.68. The molecular weight excluding hydrogens is 246 g/mol. The number of aromatic nitrogens is 1. The maximum atomic E-state index is 11.1. The Morgan fingerprint density at radius 1 is 1.33 bits per heavy atom. The van der Waals surface area contributed by atoms with E-state index in [4.69, 9.17) is 0 Å². The van der Waals surface area contributed by atoms with Gasteiger partial charge in [-0.1, -0.05) is 24.3 Å². The van der Waals surface area contributed by atoms with Gasteiger partial charge in [-0.3, -0.25) is 4.79 Å². The first kappa shape index (κ1) is 12.8. The minimum Gasteiger partial charge on any atom is -0.469 e. The van der Waals surface area contributed by atoms with Crippen molar-refractivity contribution in [1.29, 1.82) is 0 Å². The van der Waals surface area contributed by atoms with E-state index in [-0.39, 0.29) is 5.97 Å². The van der Waals surface area contributed by atoms with Gasteiger partial charge in [0.15, 0.2) is 0 Å². The number of carbonyl (C=O) groups is 1. The van der Waals surface area contributed by atoms with E-state index in [1.165, 1.54) is 17.6 Å². The molecule has 0 radical (unpaired) electrons. The second-order valence-electron chi connectivity index (χ2n) is 4.04. The van der Waals surface area contributed by atoms with E-state index in [1.807, 2.05) is 12.4 Å². The van der Waals surface area contributed by atoms with Crippen LogP contribution in [0.5, 0.6) is 0 Å². The second kappa shape index (κ2) is 5.78. The van der Waals surface area contributed by atoms with Gasteiger partial charge in [-0.2, -0.15) is 0 Å². The van der Waals surface area contributed by atoms with Gasteiger partial charge in [-0.25, -0.2) is 4.98 Å². The molecule has 0 saturated carbocycles. The maximum absolute atomic E-state index is 11.1. The summed E-state index contributed by atoms with van der Waals surface area (Å²) in [4.78, 5) is 16.5. The van der Waals surface area contributed by atoms with E-state index in [9.17, 15) is 4.79 Å². The molecule has 0 atom stereocenters. The first-order chi connectivity index (χ1) is 8.70. The molecule has 1 aromatic carbocycles. The minimum absolute atomic E-state index is 0.169. The van der Waals surface area contributed by atoms with Crippen molar-refractivity contribution in [3.63, 3.8) is 0 Å². The lowest BCUT2D eigenvalue weighted by atomic mass is 10.1. The van der Waals surface area contributed by atoms with Crippen molar-refractivity contribution in [3.05, 3.63) is 41.0 Å². The number of methoxy groups -OCH3 is 1. The van der Waals surface area contributed by atoms with E-state index in [1.54, 1.807) is 11.3 Å². The third kappa shape index (κ3) is 2.96. The zero-order chi connectivity index (χ0) is 13.0. The Morgan fingerprint density at radius 3 is 2.61 bits per heavy atom. The number of esters is 1. The molecule has 0 unspecified atom stereocenters. The van der Waals surface area contributed by atoms with E-state index in [0.29, 0.717) is 12.8 Å². The molecule has 0 N–H and O–H groups in total. The molecule has 1 aromatic heterocycles. The third-order valence-corrected chi connectivity index (χ3v) is 3.78. The standard InChI is InChI=1S/C14H15NO2S/c1-10-14(18-9-15-10)12-6-3-11(4-7-12)5-8-13(16)17-2/h3-4,6-7,9H,5,8H2,1-2H3. The fourth-order valence-electron chi connectivity index (χ4n) is 1.75. The number of aryl methyl sites for hydroxylation is 2. The predicted molar refractivity (Wildman–Crippen MR) is 72.6 cm³/mol. The number of nitrogens with zero attached hydrogens (tertiary/aromatic N) is 1. The van der Waals surface area contributed by atoms with Crippen LogP contribution in [0.3, 0.4) is 0 Å².